The SMILES string of the molecule is CN(C)c1ccc[c-]1-c1ccccc1Br.[Fe+2].c1cc[cH-]c1. The van der Waals surface area contributed by atoms with E-state index < -0.39 is 0 Å². The van der Waals surface area contributed by atoms with Crippen molar-refractivity contribution in [3.63, 3.8) is 0 Å². The molecular formula is C18H18BrFeN. The summed E-state index contributed by atoms with van der Waals surface area (Å²) in [4.78, 5) is 2.13. The molecule has 0 aromatic heterocycles. The number of anilines is 1. The van der Waals surface area contributed by atoms with Gasteiger partial charge in [-0.2, -0.15) is 18.2 Å². The van der Waals surface area contributed by atoms with Crippen LogP contribution in [0.5, 0.6) is 0 Å². The summed E-state index contributed by atoms with van der Waals surface area (Å²) in [5.41, 5.74) is 3.76. The predicted molar refractivity (Wildman–Crippen MR) is 91.5 cm³/mol. The number of rotatable bonds is 2. The Morgan fingerprint density at radius 1 is 0.952 bits per heavy atom. The third kappa shape index (κ3) is 4.89. The minimum absolute atomic E-state index is 0. The van der Waals surface area contributed by atoms with Crippen LogP contribution in [0.3, 0.4) is 0 Å². The molecule has 0 aliphatic rings. The van der Waals surface area contributed by atoms with Crippen molar-refractivity contribution in [2.75, 3.05) is 19.0 Å². The van der Waals surface area contributed by atoms with Crippen molar-refractivity contribution in [3.8, 4) is 11.1 Å². The second-order valence-electron chi connectivity index (χ2n) is 4.66. The minimum atomic E-state index is 0. The Kier molecular flexibility index (Phi) is 7.52. The maximum absolute atomic E-state index is 3.58. The van der Waals surface area contributed by atoms with Crippen LogP contribution in [-0.2, 0) is 17.1 Å². The van der Waals surface area contributed by atoms with Crippen LogP contribution in [0.2, 0.25) is 0 Å². The molecule has 0 saturated heterocycles. The van der Waals surface area contributed by atoms with Crippen LogP contribution in [-0.4, -0.2) is 14.1 Å². The van der Waals surface area contributed by atoms with Crippen LogP contribution in [0.1, 0.15) is 0 Å². The number of hydrogen-bond acceptors (Lipinski definition) is 1. The van der Waals surface area contributed by atoms with E-state index in [1.54, 1.807) is 0 Å². The molecule has 1 nitrogen and oxygen atoms in total. The summed E-state index contributed by atoms with van der Waals surface area (Å²) < 4.78 is 1.14. The molecule has 0 N–H and O–H groups in total. The summed E-state index contributed by atoms with van der Waals surface area (Å²) in [6.45, 7) is 0. The number of benzene rings is 1. The fourth-order valence-electron chi connectivity index (χ4n) is 2.03. The van der Waals surface area contributed by atoms with Gasteiger partial charge in [-0.05, 0) is 10.2 Å². The van der Waals surface area contributed by atoms with E-state index in [9.17, 15) is 0 Å². The molecule has 0 aliphatic heterocycles. The van der Waals surface area contributed by atoms with Crippen LogP contribution in [0.15, 0.2) is 77.3 Å². The first-order chi connectivity index (χ1) is 9.70. The summed E-state index contributed by atoms with van der Waals surface area (Å²) in [6.07, 6.45) is 0. The van der Waals surface area contributed by atoms with Gasteiger partial charge in [-0.1, -0.05) is 23.8 Å². The largest absolute Gasteiger partial charge is 2.00 e. The second-order valence-corrected chi connectivity index (χ2v) is 5.52. The average molecular weight is 384 g/mol. The van der Waals surface area contributed by atoms with Gasteiger partial charge in [0.2, 0.25) is 0 Å². The van der Waals surface area contributed by atoms with E-state index in [1.165, 1.54) is 16.8 Å². The molecule has 0 amide bonds. The molecule has 0 aliphatic carbocycles. The molecule has 0 atom stereocenters. The molecule has 3 rings (SSSR count). The zero-order valence-electron chi connectivity index (χ0n) is 12.1. The molecule has 0 spiro atoms. The van der Waals surface area contributed by atoms with Gasteiger partial charge in [0, 0.05) is 14.1 Å². The van der Waals surface area contributed by atoms with Gasteiger partial charge < -0.3 is 4.90 Å². The topological polar surface area (TPSA) is 3.24 Å². The van der Waals surface area contributed by atoms with Crippen LogP contribution >= 0.6 is 15.9 Å². The van der Waals surface area contributed by atoms with E-state index >= 15 is 0 Å². The van der Waals surface area contributed by atoms with E-state index in [0.717, 1.165) is 4.47 Å². The number of halogens is 1. The van der Waals surface area contributed by atoms with Crippen molar-refractivity contribution in [3.05, 3.63) is 77.3 Å². The summed E-state index contributed by atoms with van der Waals surface area (Å²) in [6, 6.07) is 24.7. The molecule has 110 valence electrons. The molecule has 0 radical (unpaired) electrons. The molecule has 3 aromatic rings. The molecule has 0 heterocycles. The molecule has 0 bridgehead atoms. The summed E-state index contributed by atoms with van der Waals surface area (Å²) >= 11 is 3.58. The van der Waals surface area contributed by atoms with E-state index in [4.69, 9.17) is 0 Å². The second kappa shape index (κ2) is 8.89. The van der Waals surface area contributed by atoms with E-state index in [1.807, 2.05) is 36.4 Å². The van der Waals surface area contributed by atoms with Crippen molar-refractivity contribution < 1.29 is 17.1 Å². The normalized spacial score (nSPS) is 9.29. The maximum atomic E-state index is 3.58. The van der Waals surface area contributed by atoms with Crippen molar-refractivity contribution in [2.24, 2.45) is 0 Å². The monoisotopic (exact) mass is 383 g/mol. The molecule has 3 aromatic carbocycles. The number of hydrogen-bond donors (Lipinski definition) is 0. The van der Waals surface area contributed by atoms with Gasteiger partial charge in [0.1, 0.15) is 0 Å². The van der Waals surface area contributed by atoms with Gasteiger partial charge in [0.25, 0.3) is 0 Å². The zero-order valence-corrected chi connectivity index (χ0v) is 14.8. The van der Waals surface area contributed by atoms with Gasteiger partial charge in [-0.3, -0.25) is 0 Å². The standard InChI is InChI=1S/C13H13BrN.C5H5.Fe/c1-15(2)13-9-5-7-11(13)10-6-3-4-8-12(10)14;1-2-4-5-3-1;/h3-9H,1-2H3;1-5H;/q2*-1;+2. The van der Waals surface area contributed by atoms with E-state index in [-0.39, 0.29) is 17.1 Å². The van der Waals surface area contributed by atoms with Crippen molar-refractivity contribution in [1.29, 1.82) is 0 Å². The average Bonchev–Trinajstić information content (AvgIpc) is 3.14. The Hall–Kier alpha value is -1.28. The maximum Gasteiger partial charge on any atom is 2.00 e. The van der Waals surface area contributed by atoms with Crippen LogP contribution in [0.4, 0.5) is 5.69 Å². The fourth-order valence-corrected chi connectivity index (χ4v) is 2.53. The predicted octanol–water partition coefficient (Wildman–Crippen LogP) is 5.30. The smallest absolute Gasteiger partial charge is 0.390 e. The fraction of sp³-hybridized carbons (Fsp3) is 0.111. The Labute approximate surface area is 145 Å². The van der Waals surface area contributed by atoms with Crippen molar-refractivity contribution in [2.45, 2.75) is 0 Å². The van der Waals surface area contributed by atoms with Crippen molar-refractivity contribution in [1.82, 2.24) is 0 Å². The van der Waals surface area contributed by atoms with Crippen LogP contribution in [0.25, 0.3) is 11.1 Å². The van der Waals surface area contributed by atoms with Crippen LogP contribution in [0, 0.1) is 0 Å². The van der Waals surface area contributed by atoms with Crippen LogP contribution < -0.4 is 4.90 Å². The Morgan fingerprint density at radius 3 is 2.14 bits per heavy atom. The van der Waals surface area contributed by atoms with Crippen molar-refractivity contribution >= 4 is 21.6 Å². The Morgan fingerprint density at radius 2 is 1.62 bits per heavy atom. The third-order valence-corrected chi connectivity index (χ3v) is 3.69. The first-order valence-corrected chi connectivity index (χ1v) is 7.34. The van der Waals surface area contributed by atoms with Gasteiger partial charge in [0.15, 0.2) is 0 Å². The molecule has 0 fully saturated rings. The van der Waals surface area contributed by atoms with Gasteiger partial charge in [-0.15, -0.1) is 45.8 Å². The summed E-state index contributed by atoms with van der Waals surface area (Å²) in [5.74, 6) is 0. The Bertz CT molecular complexity index is 609. The molecule has 0 saturated carbocycles. The third-order valence-electron chi connectivity index (χ3n) is 2.99. The van der Waals surface area contributed by atoms with Gasteiger partial charge >= 0.3 is 17.1 Å². The summed E-state index contributed by atoms with van der Waals surface area (Å²) in [5, 5.41) is 0. The molecular weight excluding hydrogens is 366 g/mol. The minimum Gasteiger partial charge on any atom is -0.390 e. The number of nitrogens with zero attached hydrogens (tertiary/aromatic N) is 1. The molecule has 3 heteroatoms. The Balaban J connectivity index is 0.000000313. The first-order valence-electron chi connectivity index (χ1n) is 6.55. The first kappa shape index (κ1) is 17.8. The van der Waals surface area contributed by atoms with E-state index in [0.29, 0.717) is 0 Å². The van der Waals surface area contributed by atoms with Gasteiger partial charge in [0.05, 0.1) is 0 Å². The zero-order chi connectivity index (χ0) is 14.4. The van der Waals surface area contributed by atoms with Gasteiger partial charge in [-0.25, -0.2) is 12.1 Å². The molecule has 0 unspecified atom stereocenters. The molecule has 21 heavy (non-hydrogen) atoms. The van der Waals surface area contributed by atoms with E-state index in [2.05, 4.69) is 71.3 Å². The summed E-state index contributed by atoms with van der Waals surface area (Å²) in [7, 11) is 4.13. The quantitative estimate of drug-likeness (QED) is 0.428.